The van der Waals surface area contributed by atoms with E-state index in [1.807, 2.05) is 6.07 Å². The first-order valence-corrected chi connectivity index (χ1v) is 8.59. The van der Waals surface area contributed by atoms with Gasteiger partial charge in [0.2, 0.25) is 0 Å². The molecule has 0 spiro atoms. The maximum absolute atomic E-state index is 12.5. The molecule has 2 nitrogen and oxygen atoms in total. The number of fused-ring (bicyclic) bond motifs is 1. The molecule has 0 amide bonds. The summed E-state index contributed by atoms with van der Waals surface area (Å²) in [5.41, 5.74) is 3.76. The van der Waals surface area contributed by atoms with Crippen LogP contribution in [0.25, 0.3) is 0 Å². The Hall–Kier alpha value is -1.15. The molecule has 2 heteroatoms. The van der Waals surface area contributed by atoms with E-state index in [-0.39, 0.29) is 5.78 Å². The van der Waals surface area contributed by atoms with Gasteiger partial charge >= 0.3 is 0 Å². The Morgan fingerprint density at radius 3 is 2.52 bits per heavy atom. The summed E-state index contributed by atoms with van der Waals surface area (Å²) in [5.74, 6) is 0.288. The highest BCUT2D eigenvalue weighted by molar-refractivity contribution is 5.97. The summed E-state index contributed by atoms with van der Waals surface area (Å²) in [5, 5.41) is 0. The van der Waals surface area contributed by atoms with Crippen LogP contribution in [0.15, 0.2) is 18.2 Å². The summed E-state index contributed by atoms with van der Waals surface area (Å²) in [6.07, 6.45) is 11.5. The fourth-order valence-corrected chi connectivity index (χ4v) is 3.89. The van der Waals surface area contributed by atoms with Crippen LogP contribution in [0.1, 0.15) is 66.4 Å². The van der Waals surface area contributed by atoms with E-state index < -0.39 is 0 Å². The van der Waals surface area contributed by atoms with E-state index in [0.717, 1.165) is 12.0 Å². The number of nitrogens with zero attached hydrogens (tertiary/aromatic N) is 1. The molecule has 0 atom stereocenters. The van der Waals surface area contributed by atoms with Crippen LogP contribution >= 0.6 is 0 Å². The Balaban J connectivity index is 1.62. The highest BCUT2D eigenvalue weighted by atomic mass is 16.1. The lowest BCUT2D eigenvalue weighted by Crippen LogP contribution is -2.35. The number of Topliss-reactive ketones (excluding diaryl/α,β-unsaturated/α-hetero) is 1. The van der Waals surface area contributed by atoms with Crippen molar-refractivity contribution in [3.05, 3.63) is 34.9 Å². The number of benzene rings is 1. The number of hydrogen-bond acceptors (Lipinski definition) is 2. The van der Waals surface area contributed by atoms with E-state index in [2.05, 4.69) is 24.1 Å². The molecule has 0 heterocycles. The normalized spacial score (nSPS) is 19.5. The number of hydrogen-bond donors (Lipinski definition) is 0. The van der Waals surface area contributed by atoms with Gasteiger partial charge in [0.15, 0.2) is 5.78 Å². The van der Waals surface area contributed by atoms with E-state index in [4.69, 9.17) is 0 Å². The van der Waals surface area contributed by atoms with Crippen molar-refractivity contribution in [3.63, 3.8) is 0 Å². The summed E-state index contributed by atoms with van der Waals surface area (Å²) in [7, 11) is 2.13. The largest absolute Gasteiger partial charge is 0.296 e. The first-order valence-electron chi connectivity index (χ1n) is 8.59. The summed E-state index contributed by atoms with van der Waals surface area (Å²) in [6, 6.07) is 6.95. The van der Waals surface area contributed by atoms with Crippen LogP contribution in [0.3, 0.4) is 0 Å². The first kappa shape index (κ1) is 14.8. The Bertz CT molecular complexity index is 500. The minimum atomic E-state index is 0.288. The summed E-state index contributed by atoms with van der Waals surface area (Å²) in [4.78, 5) is 14.8. The van der Waals surface area contributed by atoms with Gasteiger partial charge in [0, 0.05) is 11.6 Å². The zero-order valence-electron chi connectivity index (χ0n) is 13.2. The van der Waals surface area contributed by atoms with Gasteiger partial charge in [0.1, 0.15) is 0 Å². The average Bonchev–Trinajstić information content (AvgIpc) is 2.78. The molecular weight excluding hydrogens is 258 g/mol. The number of rotatable bonds is 4. The van der Waals surface area contributed by atoms with Gasteiger partial charge in [0.05, 0.1) is 6.54 Å². The third-order valence-corrected chi connectivity index (χ3v) is 5.26. The molecular formula is C19H27NO. The van der Waals surface area contributed by atoms with Gasteiger partial charge in [-0.05, 0) is 56.3 Å². The second-order valence-electron chi connectivity index (χ2n) is 6.82. The lowest BCUT2D eigenvalue weighted by molar-refractivity contribution is 0.0912. The van der Waals surface area contributed by atoms with Gasteiger partial charge in [0.25, 0.3) is 0 Å². The lowest BCUT2D eigenvalue weighted by atomic mass is 10.0. The van der Waals surface area contributed by atoms with Crippen LogP contribution in [-0.4, -0.2) is 30.3 Å². The molecule has 1 aromatic carbocycles. The van der Waals surface area contributed by atoms with Crippen molar-refractivity contribution in [1.29, 1.82) is 0 Å². The number of aryl methyl sites for hydroxylation is 2. The van der Waals surface area contributed by atoms with E-state index in [0.29, 0.717) is 12.6 Å². The fourth-order valence-electron chi connectivity index (χ4n) is 3.89. The minimum absolute atomic E-state index is 0.288. The molecule has 1 saturated carbocycles. The van der Waals surface area contributed by atoms with Crippen molar-refractivity contribution >= 4 is 5.78 Å². The second kappa shape index (κ2) is 6.74. The quantitative estimate of drug-likeness (QED) is 0.615. The molecule has 0 unspecified atom stereocenters. The van der Waals surface area contributed by atoms with Crippen LogP contribution in [0.4, 0.5) is 0 Å². The molecule has 3 rings (SSSR count). The number of carbonyl (C=O) groups excluding carboxylic acids is 1. The van der Waals surface area contributed by atoms with Crippen LogP contribution < -0.4 is 0 Å². The first-order chi connectivity index (χ1) is 10.2. The predicted octanol–water partition coefficient (Wildman–Crippen LogP) is 4.01. The standard InChI is InChI=1S/C19H27NO/c1-20(18-9-4-2-3-5-10-18)14-19(21)17-12-11-15-7-6-8-16(15)13-17/h11-13,18H,2-10,14H2,1H3. The van der Waals surface area contributed by atoms with E-state index >= 15 is 0 Å². The zero-order chi connectivity index (χ0) is 14.7. The van der Waals surface area contributed by atoms with E-state index in [1.54, 1.807) is 0 Å². The van der Waals surface area contributed by atoms with Crippen LogP contribution in [-0.2, 0) is 12.8 Å². The van der Waals surface area contributed by atoms with Gasteiger partial charge < -0.3 is 0 Å². The molecule has 0 bridgehead atoms. The molecule has 1 fully saturated rings. The highest BCUT2D eigenvalue weighted by Gasteiger charge is 2.20. The average molecular weight is 285 g/mol. The molecule has 0 aliphatic heterocycles. The third kappa shape index (κ3) is 3.55. The van der Waals surface area contributed by atoms with Crippen LogP contribution in [0.5, 0.6) is 0 Å². The maximum atomic E-state index is 12.5. The molecule has 2 aliphatic carbocycles. The van der Waals surface area contributed by atoms with Gasteiger partial charge in [-0.15, -0.1) is 0 Å². The molecule has 0 radical (unpaired) electrons. The second-order valence-corrected chi connectivity index (χ2v) is 6.82. The van der Waals surface area contributed by atoms with Crippen molar-refractivity contribution in [1.82, 2.24) is 4.90 Å². The number of carbonyl (C=O) groups is 1. The molecule has 0 aromatic heterocycles. The van der Waals surface area contributed by atoms with E-state index in [1.165, 1.54) is 62.5 Å². The Kier molecular flexibility index (Phi) is 4.74. The number of likely N-dealkylation sites (N-methyl/N-ethyl adjacent to an activating group) is 1. The molecule has 0 saturated heterocycles. The van der Waals surface area contributed by atoms with Crippen molar-refractivity contribution in [2.45, 2.75) is 63.8 Å². The van der Waals surface area contributed by atoms with Crippen molar-refractivity contribution in [2.24, 2.45) is 0 Å². The third-order valence-electron chi connectivity index (χ3n) is 5.26. The van der Waals surface area contributed by atoms with Gasteiger partial charge in [-0.1, -0.05) is 37.8 Å². The van der Waals surface area contributed by atoms with E-state index in [9.17, 15) is 4.79 Å². The zero-order valence-corrected chi connectivity index (χ0v) is 13.2. The Labute approximate surface area is 128 Å². The summed E-state index contributed by atoms with van der Waals surface area (Å²) in [6.45, 7) is 0.573. The van der Waals surface area contributed by atoms with Crippen LogP contribution in [0, 0.1) is 0 Å². The molecule has 21 heavy (non-hydrogen) atoms. The smallest absolute Gasteiger partial charge is 0.176 e. The van der Waals surface area contributed by atoms with Gasteiger partial charge in [-0.3, -0.25) is 9.69 Å². The monoisotopic (exact) mass is 285 g/mol. The predicted molar refractivity (Wildman–Crippen MR) is 86.9 cm³/mol. The maximum Gasteiger partial charge on any atom is 0.176 e. The Morgan fingerprint density at radius 1 is 1.05 bits per heavy atom. The highest BCUT2D eigenvalue weighted by Crippen LogP contribution is 2.24. The lowest BCUT2D eigenvalue weighted by Gasteiger charge is -2.26. The molecule has 1 aromatic rings. The van der Waals surface area contributed by atoms with Crippen molar-refractivity contribution in [3.8, 4) is 0 Å². The molecule has 0 N–H and O–H groups in total. The number of ketones is 1. The van der Waals surface area contributed by atoms with Crippen molar-refractivity contribution < 1.29 is 4.79 Å². The molecule has 114 valence electrons. The SMILES string of the molecule is CN(CC(=O)c1ccc2c(c1)CCC2)C1CCCCCC1. The Morgan fingerprint density at radius 2 is 1.76 bits per heavy atom. The van der Waals surface area contributed by atoms with Gasteiger partial charge in [-0.25, -0.2) is 0 Å². The minimum Gasteiger partial charge on any atom is -0.296 e. The topological polar surface area (TPSA) is 20.3 Å². The van der Waals surface area contributed by atoms with Crippen LogP contribution in [0.2, 0.25) is 0 Å². The fraction of sp³-hybridized carbons (Fsp3) is 0.632. The summed E-state index contributed by atoms with van der Waals surface area (Å²) >= 11 is 0. The summed E-state index contributed by atoms with van der Waals surface area (Å²) < 4.78 is 0. The molecule has 2 aliphatic rings. The van der Waals surface area contributed by atoms with Crippen molar-refractivity contribution in [2.75, 3.05) is 13.6 Å². The van der Waals surface area contributed by atoms with Gasteiger partial charge in [-0.2, -0.15) is 0 Å².